The van der Waals surface area contributed by atoms with E-state index in [9.17, 15) is 14.7 Å². The highest BCUT2D eigenvalue weighted by atomic mass is 79.9. The van der Waals surface area contributed by atoms with Crippen LogP contribution in [0.15, 0.2) is 16.6 Å². The number of hydrogen-bond acceptors (Lipinski definition) is 5. The lowest BCUT2D eigenvalue weighted by Crippen LogP contribution is -2.27. The number of aromatic hydroxyl groups is 1. The summed E-state index contributed by atoms with van der Waals surface area (Å²) < 4.78 is 10.7. The summed E-state index contributed by atoms with van der Waals surface area (Å²) in [6.45, 7) is 10.4. The second-order valence-electron chi connectivity index (χ2n) is 7.10. The van der Waals surface area contributed by atoms with Crippen molar-refractivity contribution >= 4 is 39.5 Å². The van der Waals surface area contributed by atoms with Crippen LogP contribution in [0.25, 0.3) is 0 Å². The van der Waals surface area contributed by atoms with Crippen molar-refractivity contribution in [1.82, 2.24) is 0 Å². The molecule has 7 nitrogen and oxygen atoms in total. The maximum atomic E-state index is 11.8. The van der Waals surface area contributed by atoms with Gasteiger partial charge in [-0.2, -0.15) is 0 Å². The summed E-state index contributed by atoms with van der Waals surface area (Å²) in [6.07, 6.45) is -1.35. The van der Waals surface area contributed by atoms with E-state index in [0.29, 0.717) is 10.2 Å². The normalized spacial score (nSPS) is 11.6. The Hall–Kier alpha value is -1.96. The Morgan fingerprint density at radius 3 is 1.75 bits per heavy atom. The number of benzene rings is 1. The fourth-order valence-corrected chi connectivity index (χ4v) is 2.03. The van der Waals surface area contributed by atoms with Gasteiger partial charge in [-0.25, -0.2) is 9.59 Å². The zero-order chi connectivity index (χ0) is 18.7. The number of nitrogens with one attached hydrogen (secondary N) is 2. The van der Waals surface area contributed by atoms with Gasteiger partial charge in [-0.1, -0.05) is 0 Å². The van der Waals surface area contributed by atoms with Gasteiger partial charge >= 0.3 is 12.2 Å². The first-order valence-corrected chi connectivity index (χ1v) is 8.09. The molecule has 1 rings (SSSR count). The van der Waals surface area contributed by atoms with Crippen LogP contribution < -0.4 is 10.6 Å². The van der Waals surface area contributed by atoms with E-state index < -0.39 is 23.4 Å². The Kier molecular flexibility index (Phi) is 6.10. The number of hydrogen-bond donors (Lipinski definition) is 3. The summed E-state index contributed by atoms with van der Waals surface area (Å²) in [5.41, 5.74) is -0.853. The van der Waals surface area contributed by atoms with Crippen LogP contribution in [0.3, 0.4) is 0 Å². The van der Waals surface area contributed by atoms with Crippen LogP contribution in [0, 0.1) is 0 Å². The van der Waals surface area contributed by atoms with Gasteiger partial charge in [-0.3, -0.25) is 10.6 Å². The molecule has 0 spiro atoms. The molecule has 0 aliphatic rings. The lowest BCUT2D eigenvalue weighted by Gasteiger charge is -2.21. The molecular weight excluding hydrogens is 380 g/mol. The summed E-state index contributed by atoms with van der Waals surface area (Å²) in [6, 6.07) is 2.74. The summed E-state index contributed by atoms with van der Waals surface area (Å²) in [7, 11) is 0. The average Bonchev–Trinajstić information content (AvgIpc) is 2.30. The van der Waals surface area contributed by atoms with E-state index in [1.54, 1.807) is 41.5 Å². The molecule has 3 N–H and O–H groups in total. The van der Waals surface area contributed by atoms with Gasteiger partial charge in [0.25, 0.3) is 0 Å². The minimum atomic E-state index is -0.697. The minimum Gasteiger partial charge on any atom is -0.506 e. The van der Waals surface area contributed by atoms with Crippen LogP contribution in [0.1, 0.15) is 41.5 Å². The molecule has 24 heavy (non-hydrogen) atoms. The molecule has 0 unspecified atom stereocenters. The van der Waals surface area contributed by atoms with Crippen molar-refractivity contribution in [3.63, 3.8) is 0 Å². The molecular formula is C16H23BrN2O5. The van der Waals surface area contributed by atoms with Crippen LogP contribution in [-0.2, 0) is 9.47 Å². The van der Waals surface area contributed by atoms with Crippen LogP contribution in [0.2, 0.25) is 0 Å². The number of anilines is 2. The Morgan fingerprint density at radius 2 is 1.33 bits per heavy atom. The molecule has 0 saturated carbocycles. The van der Waals surface area contributed by atoms with Gasteiger partial charge < -0.3 is 14.6 Å². The second-order valence-corrected chi connectivity index (χ2v) is 7.96. The maximum absolute atomic E-state index is 11.8. The predicted molar refractivity (Wildman–Crippen MR) is 95.5 cm³/mol. The van der Waals surface area contributed by atoms with Crippen molar-refractivity contribution in [2.24, 2.45) is 0 Å². The summed E-state index contributed by atoms with van der Waals surface area (Å²) in [4.78, 5) is 23.5. The number of phenolic OH excluding ortho intramolecular Hbond substituents is 1. The Labute approximate surface area is 149 Å². The molecule has 134 valence electrons. The first-order valence-electron chi connectivity index (χ1n) is 7.29. The van der Waals surface area contributed by atoms with E-state index in [-0.39, 0.29) is 11.4 Å². The molecule has 1 aromatic rings. The zero-order valence-corrected chi connectivity index (χ0v) is 16.2. The van der Waals surface area contributed by atoms with E-state index >= 15 is 0 Å². The molecule has 1 aromatic carbocycles. The molecule has 0 atom stereocenters. The minimum absolute atomic E-state index is 0.144. The number of amides is 2. The first-order chi connectivity index (χ1) is 10.8. The van der Waals surface area contributed by atoms with E-state index in [4.69, 9.17) is 9.47 Å². The van der Waals surface area contributed by atoms with E-state index in [0.717, 1.165) is 0 Å². The van der Waals surface area contributed by atoms with Gasteiger partial charge in [0.1, 0.15) is 17.0 Å². The summed E-state index contributed by atoms with van der Waals surface area (Å²) in [5.74, 6) is -0.227. The SMILES string of the molecule is CC(C)(C)OC(=O)Nc1cc(Br)c(NC(=O)OC(C)(C)C)cc1O. The third-order valence-corrected chi connectivity index (χ3v) is 3.01. The summed E-state index contributed by atoms with van der Waals surface area (Å²) >= 11 is 3.27. The molecule has 0 aliphatic carbocycles. The quantitative estimate of drug-likeness (QED) is 0.614. The molecule has 0 heterocycles. The fourth-order valence-electron chi connectivity index (χ4n) is 1.58. The number of carbonyl (C=O) groups is 2. The highest BCUT2D eigenvalue weighted by Gasteiger charge is 2.20. The fraction of sp³-hybridized carbons (Fsp3) is 0.500. The molecule has 0 radical (unpaired) electrons. The number of phenols is 1. The van der Waals surface area contributed by atoms with Gasteiger partial charge in [0.2, 0.25) is 0 Å². The maximum Gasteiger partial charge on any atom is 0.412 e. The van der Waals surface area contributed by atoms with Crippen molar-refractivity contribution in [2.75, 3.05) is 10.6 Å². The highest BCUT2D eigenvalue weighted by Crippen LogP contribution is 2.34. The van der Waals surface area contributed by atoms with Crippen LogP contribution in [-0.4, -0.2) is 28.5 Å². The molecule has 0 aliphatic heterocycles. The largest absolute Gasteiger partial charge is 0.506 e. The highest BCUT2D eigenvalue weighted by molar-refractivity contribution is 9.10. The standard InChI is InChI=1S/C16H23BrN2O5/c1-15(2,3)23-13(21)18-10-8-12(20)11(7-9(10)17)19-14(22)24-16(4,5)6/h7-8,20H,1-6H3,(H,18,21)(H,19,22). The first kappa shape index (κ1) is 20.1. The van der Waals surface area contributed by atoms with Crippen molar-refractivity contribution in [3.8, 4) is 5.75 Å². The van der Waals surface area contributed by atoms with Gasteiger partial charge in [0.05, 0.1) is 11.4 Å². The third-order valence-electron chi connectivity index (χ3n) is 2.36. The van der Waals surface area contributed by atoms with Crippen molar-refractivity contribution < 1.29 is 24.2 Å². The Bertz CT molecular complexity index is 577. The van der Waals surface area contributed by atoms with E-state index in [1.807, 2.05) is 0 Å². The molecule has 0 bridgehead atoms. The number of rotatable bonds is 2. The monoisotopic (exact) mass is 402 g/mol. The van der Waals surface area contributed by atoms with Gasteiger partial charge in [-0.15, -0.1) is 0 Å². The lowest BCUT2D eigenvalue weighted by atomic mass is 10.2. The lowest BCUT2D eigenvalue weighted by molar-refractivity contribution is 0.0623. The Morgan fingerprint density at radius 1 is 0.917 bits per heavy atom. The van der Waals surface area contributed by atoms with Crippen molar-refractivity contribution in [2.45, 2.75) is 52.7 Å². The van der Waals surface area contributed by atoms with Gasteiger partial charge in [0, 0.05) is 10.5 Å². The molecule has 0 aromatic heterocycles. The topological polar surface area (TPSA) is 96.9 Å². The van der Waals surface area contributed by atoms with Crippen molar-refractivity contribution in [1.29, 1.82) is 0 Å². The molecule has 2 amide bonds. The van der Waals surface area contributed by atoms with Gasteiger partial charge in [-0.05, 0) is 63.5 Å². The third kappa shape index (κ3) is 7.08. The van der Waals surface area contributed by atoms with Crippen LogP contribution >= 0.6 is 15.9 Å². The predicted octanol–water partition coefficient (Wildman–Crippen LogP) is 4.85. The molecule has 0 saturated heterocycles. The second kappa shape index (κ2) is 7.29. The smallest absolute Gasteiger partial charge is 0.412 e. The number of halogens is 1. The average molecular weight is 403 g/mol. The number of ether oxygens (including phenoxy) is 2. The number of carbonyl (C=O) groups excluding carboxylic acids is 2. The van der Waals surface area contributed by atoms with Crippen molar-refractivity contribution in [3.05, 3.63) is 16.6 Å². The summed E-state index contributed by atoms with van der Waals surface area (Å²) in [5, 5.41) is 15.0. The van der Waals surface area contributed by atoms with E-state index in [2.05, 4.69) is 26.6 Å². The van der Waals surface area contributed by atoms with Crippen LogP contribution in [0.4, 0.5) is 21.0 Å². The van der Waals surface area contributed by atoms with Crippen LogP contribution in [0.5, 0.6) is 5.75 Å². The molecule has 0 fully saturated rings. The van der Waals surface area contributed by atoms with E-state index in [1.165, 1.54) is 12.1 Å². The zero-order valence-electron chi connectivity index (χ0n) is 14.6. The molecule has 8 heteroatoms. The van der Waals surface area contributed by atoms with Gasteiger partial charge in [0.15, 0.2) is 0 Å². The Balaban J connectivity index is 2.86.